The van der Waals surface area contributed by atoms with Crippen LogP contribution in [0, 0.1) is 11.3 Å². The molecule has 3 rings (SSSR count). The molecule has 0 unspecified atom stereocenters. The molecule has 1 aromatic carbocycles. The summed E-state index contributed by atoms with van der Waals surface area (Å²) in [5, 5.41) is 12.8. The molecular weight excluding hydrogens is 268 g/mol. The highest BCUT2D eigenvalue weighted by Gasteiger charge is 2.28. The molecule has 0 saturated carbocycles. The molecule has 0 bridgehead atoms. The van der Waals surface area contributed by atoms with E-state index >= 15 is 0 Å². The normalized spacial score (nSPS) is 20.5. The van der Waals surface area contributed by atoms with Gasteiger partial charge in [-0.1, -0.05) is 6.07 Å². The standard InChI is InChI=1S/C15H20N4S/c1-20-15-4-2-3-14(13(15)9-16)19-7-5-18(6-8-19)12-10-17-11-12/h2-4,12,17H,5-8,10-11H2,1H3. The van der Waals surface area contributed by atoms with Gasteiger partial charge in [-0.3, -0.25) is 4.90 Å². The van der Waals surface area contributed by atoms with Crippen LogP contribution in [0.25, 0.3) is 0 Å². The fourth-order valence-electron chi connectivity index (χ4n) is 2.93. The number of hydrogen-bond acceptors (Lipinski definition) is 5. The number of nitrogens with zero attached hydrogens (tertiary/aromatic N) is 3. The quantitative estimate of drug-likeness (QED) is 0.851. The topological polar surface area (TPSA) is 42.3 Å². The van der Waals surface area contributed by atoms with Gasteiger partial charge >= 0.3 is 0 Å². The van der Waals surface area contributed by atoms with Crippen LogP contribution in [0.2, 0.25) is 0 Å². The zero-order chi connectivity index (χ0) is 13.9. The molecule has 2 fully saturated rings. The molecule has 0 aromatic heterocycles. The number of hydrogen-bond donors (Lipinski definition) is 1. The van der Waals surface area contributed by atoms with Crippen molar-refractivity contribution >= 4 is 17.4 Å². The van der Waals surface area contributed by atoms with Crippen LogP contribution in [-0.4, -0.2) is 56.5 Å². The predicted molar refractivity (Wildman–Crippen MR) is 83.4 cm³/mol. The third-order valence-corrected chi connectivity index (χ3v) is 5.05. The van der Waals surface area contributed by atoms with Gasteiger partial charge in [0.1, 0.15) is 6.07 Å². The van der Waals surface area contributed by atoms with Crippen LogP contribution < -0.4 is 10.2 Å². The summed E-state index contributed by atoms with van der Waals surface area (Å²) < 4.78 is 0. The molecule has 0 atom stereocenters. The van der Waals surface area contributed by atoms with Crippen molar-refractivity contribution in [1.82, 2.24) is 10.2 Å². The van der Waals surface area contributed by atoms with Gasteiger partial charge in [-0.05, 0) is 18.4 Å². The maximum Gasteiger partial charge on any atom is 0.103 e. The van der Waals surface area contributed by atoms with E-state index in [4.69, 9.17) is 0 Å². The second-order valence-electron chi connectivity index (χ2n) is 5.30. The van der Waals surface area contributed by atoms with Gasteiger partial charge in [-0.2, -0.15) is 5.26 Å². The number of nitrogens with one attached hydrogen (secondary N) is 1. The smallest absolute Gasteiger partial charge is 0.103 e. The van der Waals surface area contributed by atoms with Crippen molar-refractivity contribution in [2.24, 2.45) is 0 Å². The molecule has 1 aromatic rings. The predicted octanol–water partition coefficient (Wildman–Crippen LogP) is 1.37. The minimum absolute atomic E-state index is 0.727. The molecule has 0 amide bonds. The SMILES string of the molecule is CSc1cccc(N2CCN(C3CNC3)CC2)c1C#N. The third kappa shape index (κ3) is 2.51. The van der Waals surface area contributed by atoms with Crippen molar-refractivity contribution in [2.45, 2.75) is 10.9 Å². The molecule has 20 heavy (non-hydrogen) atoms. The fourth-order valence-corrected chi connectivity index (χ4v) is 3.49. The highest BCUT2D eigenvalue weighted by molar-refractivity contribution is 7.98. The Morgan fingerprint density at radius 1 is 1.25 bits per heavy atom. The second kappa shape index (κ2) is 6.04. The molecule has 4 nitrogen and oxygen atoms in total. The summed E-state index contributed by atoms with van der Waals surface area (Å²) in [5.41, 5.74) is 1.93. The number of nitriles is 1. The van der Waals surface area contributed by atoms with Crippen molar-refractivity contribution in [3.63, 3.8) is 0 Å². The summed E-state index contributed by atoms with van der Waals surface area (Å²) in [6.45, 7) is 6.49. The van der Waals surface area contributed by atoms with E-state index in [-0.39, 0.29) is 0 Å². The molecule has 5 heteroatoms. The van der Waals surface area contributed by atoms with E-state index in [1.54, 1.807) is 11.8 Å². The zero-order valence-electron chi connectivity index (χ0n) is 11.8. The van der Waals surface area contributed by atoms with E-state index < -0.39 is 0 Å². The Morgan fingerprint density at radius 3 is 2.55 bits per heavy atom. The first-order chi connectivity index (χ1) is 9.83. The molecular formula is C15H20N4S. The first-order valence-corrected chi connectivity index (χ1v) is 8.33. The summed E-state index contributed by atoms with van der Waals surface area (Å²) in [5.74, 6) is 0. The lowest BCUT2D eigenvalue weighted by atomic mass is 10.1. The van der Waals surface area contributed by atoms with E-state index in [0.717, 1.165) is 61.5 Å². The molecule has 2 aliphatic rings. The largest absolute Gasteiger partial charge is 0.368 e. The molecule has 2 aliphatic heterocycles. The summed E-state index contributed by atoms with van der Waals surface area (Å²) in [7, 11) is 0. The van der Waals surface area contributed by atoms with Gasteiger partial charge in [0.15, 0.2) is 0 Å². The van der Waals surface area contributed by atoms with Crippen LogP contribution >= 0.6 is 11.8 Å². The van der Waals surface area contributed by atoms with Gasteiger partial charge in [-0.15, -0.1) is 11.8 Å². The molecule has 2 heterocycles. The molecule has 0 spiro atoms. The van der Waals surface area contributed by atoms with E-state index in [0.29, 0.717) is 0 Å². The van der Waals surface area contributed by atoms with Crippen LogP contribution in [0.3, 0.4) is 0 Å². The van der Waals surface area contributed by atoms with Crippen LogP contribution in [0.5, 0.6) is 0 Å². The maximum atomic E-state index is 9.44. The van der Waals surface area contributed by atoms with Crippen LogP contribution in [-0.2, 0) is 0 Å². The molecule has 106 valence electrons. The van der Waals surface area contributed by atoms with Crippen molar-refractivity contribution < 1.29 is 0 Å². The third-order valence-electron chi connectivity index (χ3n) is 4.27. The van der Waals surface area contributed by atoms with Gasteiger partial charge in [-0.25, -0.2) is 0 Å². The average molecular weight is 288 g/mol. The van der Waals surface area contributed by atoms with Crippen molar-refractivity contribution in [1.29, 1.82) is 5.26 Å². The van der Waals surface area contributed by atoms with Gasteiger partial charge in [0, 0.05) is 50.2 Å². The lowest BCUT2D eigenvalue weighted by molar-refractivity contribution is 0.138. The van der Waals surface area contributed by atoms with E-state index in [1.165, 1.54) is 0 Å². The van der Waals surface area contributed by atoms with Crippen molar-refractivity contribution in [3.8, 4) is 6.07 Å². The molecule has 0 radical (unpaired) electrons. The van der Waals surface area contributed by atoms with Gasteiger partial charge in [0.05, 0.1) is 11.3 Å². The number of piperazine rings is 1. The number of benzene rings is 1. The van der Waals surface area contributed by atoms with Crippen LogP contribution in [0.4, 0.5) is 5.69 Å². The Balaban J connectivity index is 1.73. The number of thioether (sulfide) groups is 1. The monoisotopic (exact) mass is 288 g/mol. The van der Waals surface area contributed by atoms with Gasteiger partial charge in [0.2, 0.25) is 0 Å². The zero-order valence-corrected chi connectivity index (χ0v) is 12.6. The summed E-state index contributed by atoms with van der Waals surface area (Å²) in [6.07, 6.45) is 2.03. The average Bonchev–Trinajstić information content (AvgIpc) is 2.45. The fraction of sp³-hybridized carbons (Fsp3) is 0.533. The first kappa shape index (κ1) is 13.7. The van der Waals surface area contributed by atoms with Gasteiger partial charge < -0.3 is 10.2 Å². The molecule has 2 saturated heterocycles. The Hall–Kier alpha value is -1.22. The van der Waals surface area contributed by atoms with E-state index in [9.17, 15) is 5.26 Å². The Kier molecular flexibility index (Phi) is 4.16. The summed E-state index contributed by atoms with van der Waals surface area (Å²) in [6, 6.07) is 9.28. The Bertz CT molecular complexity index is 513. The highest BCUT2D eigenvalue weighted by atomic mass is 32.2. The second-order valence-corrected chi connectivity index (χ2v) is 6.15. The minimum atomic E-state index is 0.727. The molecule has 0 aliphatic carbocycles. The maximum absolute atomic E-state index is 9.44. The lowest BCUT2D eigenvalue weighted by Gasteiger charge is -2.44. The van der Waals surface area contributed by atoms with Crippen molar-refractivity contribution in [3.05, 3.63) is 23.8 Å². The molecule has 1 N–H and O–H groups in total. The summed E-state index contributed by atoms with van der Waals surface area (Å²) in [4.78, 5) is 6.01. The van der Waals surface area contributed by atoms with Crippen LogP contribution in [0.15, 0.2) is 23.1 Å². The van der Waals surface area contributed by atoms with E-state index in [1.807, 2.05) is 12.3 Å². The minimum Gasteiger partial charge on any atom is -0.368 e. The number of rotatable bonds is 3. The Morgan fingerprint density at radius 2 is 2.00 bits per heavy atom. The summed E-state index contributed by atoms with van der Waals surface area (Å²) >= 11 is 1.65. The number of anilines is 1. The highest BCUT2D eigenvalue weighted by Crippen LogP contribution is 2.29. The van der Waals surface area contributed by atoms with Gasteiger partial charge in [0.25, 0.3) is 0 Å². The van der Waals surface area contributed by atoms with Crippen LogP contribution in [0.1, 0.15) is 5.56 Å². The lowest BCUT2D eigenvalue weighted by Crippen LogP contribution is -2.61. The van der Waals surface area contributed by atoms with E-state index in [2.05, 4.69) is 33.3 Å². The Labute approximate surface area is 124 Å². The first-order valence-electron chi connectivity index (χ1n) is 7.10. The van der Waals surface area contributed by atoms with Crippen molar-refractivity contribution in [2.75, 3.05) is 50.4 Å².